The third-order valence-electron chi connectivity index (χ3n) is 3.26. The number of aliphatic hydroxyl groups is 1. The number of aliphatic hydroxyl groups excluding tert-OH is 1. The Balaban J connectivity index is 2.58. The minimum Gasteiger partial charge on any atom is -0.391 e. The summed E-state index contributed by atoms with van der Waals surface area (Å²) in [7, 11) is 0. The van der Waals surface area contributed by atoms with Crippen LogP contribution >= 0.6 is 0 Å². The van der Waals surface area contributed by atoms with Gasteiger partial charge in [0.1, 0.15) is 0 Å². The van der Waals surface area contributed by atoms with Crippen molar-refractivity contribution >= 4 is 0 Å². The number of hydrogen-bond donors (Lipinski definition) is 2. The Hall–Kier alpha value is -0.120. The molecule has 0 aromatic rings. The minimum absolute atomic E-state index is 0.0170. The van der Waals surface area contributed by atoms with Gasteiger partial charge in [-0.2, -0.15) is 0 Å². The highest BCUT2D eigenvalue weighted by atomic mass is 16.3. The molecule has 0 spiro atoms. The van der Waals surface area contributed by atoms with Crippen LogP contribution in [0.2, 0.25) is 0 Å². The van der Waals surface area contributed by atoms with Gasteiger partial charge in [0.15, 0.2) is 0 Å². The number of β-amino-alcohol motifs (C(OH)–C–C–N with tert-alkyl or cyclic N) is 1. The molecule has 1 fully saturated rings. The normalized spacial score (nSPS) is 33.2. The van der Waals surface area contributed by atoms with Gasteiger partial charge in [0, 0.05) is 30.6 Å². The second kappa shape index (κ2) is 3.56. The maximum absolute atomic E-state index is 9.78. The summed E-state index contributed by atoms with van der Waals surface area (Å²) in [6.07, 6.45) is -0.214. The van der Waals surface area contributed by atoms with Crippen molar-refractivity contribution in [3.63, 3.8) is 0 Å². The van der Waals surface area contributed by atoms with Crippen molar-refractivity contribution in [1.29, 1.82) is 0 Å². The van der Waals surface area contributed by atoms with Crippen LogP contribution in [0, 0.1) is 5.41 Å². The van der Waals surface area contributed by atoms with E-state index in [1.165, 1.54) is 0 Å². The van der Waals surface area contributed by atoms with Gasteiger partial charge in [-0.15, -0.1) is 0 Å². The highest BCUT2D eigenvalue weighted by Gasteiger charge is 2.40. The summed E-state index contributed by atoms with van der Waals surface area (Å²) in [6, 6.07) is 0.525. The van der Waals surface area contributed by atoms with Crippen molar-refractivity contribution in [2.45, 2.75) is 45.9 Å². The van der Waals surface area contributed by atoms with Gasteiger partial charge in [0.05, 0.1) is 6.10 Å². The number of rotatable bonds is 2. The Morgan fingerprint density at radius 2 is 2.00 bits per heavy atom. The molecular formula is C10H22N2O. The molecule has 1 heterocycles. The second-order valence-electron chi connectivity index (χ2n) is 5.03. The zero-order valence-electron chi connectivity index (χ0n) is 9.12. The number of hydrogen-bond acceptors (Lipinski definition) is 3. The van der Waals surface area contributed by atoms with E-state index in [2.05, 4.69) is 25.7 Å². The lowest BCUT2D eigenvalue weighted by Gasteiger charge is -2.28. The highest BCUT2D eigenvalue weighted by Crippen LogP contribution is 2.30. The number of nitrogens with two attached hydrogens (primary N) is 1. The van der Waals surface area contributed by atoms with E-state index in [1.807, 2.05) is 6.92 Å². The molecule has 0 aliphatic carbocycles. The monoisotopic (exact) mass is 186 g/mol. The summed E-state index contributed by atoms with van der Waals surface area (Å²) < 4.78 is 0. The third kappa shape index (κ3) is 2.22. The van der Waals surface area contributed by atoms with Gasteiger partial charge in [-0.1, -0.05) is 13.8 Å². The van der Waals surface area contributed by atoms with Crippen LogP contribution in [-0.2, 0) is 0 Å². The lowest BCUT2D eigenvalue weighted by Crippen LogP contribution is -2.43. The molecule has 1 saturated heterocycles. The first kappa shape index (κ1) is 11.0. The zero-order valence-corrected chi connectivity index (χ0v) is 9.12. The maximum Gasteiger partial charge on any atom is 0.0730 e. The van der Waals surface area contributed by atoms with Crippen molar-refractivity contribution < 1.29 is 5.11 Å². The van der Waals surface area contributed by atoms with Crippen LogP contribution in [0.5, 0.6) is 0 Å². The second-order valence-corrected chi connectivity index (χ2v) is 5.03. The van der Waals surface area contributed by atoms with Gasteiger partial charge < -0.3 is 10.8 Å². The van der Waals surface area contributed by atoms with Crippen LogP contribution in [0.25, 0.3) is 0 Å². The summed E-state index contributed by atoms with van der Waals surface area (Å²) in [5.41, 5.74) is 5.84. The topological polar surface area (TPSA) is 49.5 Å². The lowest BCUT2D eigenvalue weighted by molar-refractivity contribution is 0.0949. The average Bonchev–Trinajstić information content (AvgIpc) is 2.25. The molecule has 0 radical (unpaired) electrons. The fourth-order valence-electron chi connectivity index (χ4n) is 1.81. The van der Waals surface area contributed by atoms with E-state index >= 15 is 0 Å². The van der Waals surface area contributed by atoms with Crippen LogP contribution in [-0.4, -0.2) is 41.3 Å². The van der Waals surface area contributed by atoms with Crippen LogP contribution < -0.4 is 5.73 Å². The Bertz CT molecular complexity index is 180. The van der Waals surface area contributed by atoms with Crippen molar-refractivity contribution in [2.75, 3.05) is 13.1 Å². The van der Waals surface area contributed by atoms with Crippen LogP contribution in [0.4, 0.5) is 0 Å². The average molecular weight is 186 g/mol. The molecular weight excluding hydrogens is 164 g/mol. The lowest BCUT2D eigenvalue weighted by atomic mass is 9.90. The molecule has 3 atom stereocenters. The quantitative estimate of drug-likeness (QED) is 0.657. The molecule has 1 aliphatic heterocycles. The minimum atomic E-state index is -0.214. The van der Waals surface area contributed by atoms with Crippen LogP contribution in [0.3, 0.4) is 0 Å². The van der Waals surface area contributed by atoms with Gasteiger partial charge in [-0.25, -0.2) is 0 Å². The summed E-state index contributed by atoms with van der Waals surface area (Å²) in [6.45, 7) is 10.0. The fourth-order valence-corrected chi connectivity index (χ4v) is 1.81. The molecule has 0 saturated carbocycles. The summed E-state index contributed by atoms with van der Waals surface area (Å²) in [5.74, 6) is 0. The van der Waals surface area contributed by atoms with E-state index in [0.717, 1.165) is 13.1 Å². The molecule has 0 aromatic heterocycles. The van der Waals surface area contributed by atoms with Crippen molar-refractivity contribution in [2.24, 2.45) is 11.1 Å². The molecule has 78 valence electrons. The van der Waals surface area contributed by atoms with Crippen molar-refractivity contribution in [1.82, 2.24) is 4.90 Å². The Kier molecular flexibility index (Phi) is 3.00. The maximum atomic E-state index is 9.78. The smallest absolute Gasteiger partial charge is 0.0730 e. The predicted octanol–water partition coefficient (Wildman–Crippen LogP) is 0.425. The predicted molar refractivity (Wildman–Crippen MR) is 54.5 cm³/mol. The van der Waals surface area contributed by atoms with Crippen LogP contribution in [0.15, 0.2) is 0 Å². The summed E-state index contributed by atoms with van der Waals surface area (Å²) in [4.78, 5) is 2.27. The Morgan fingerprint density at radius 3 is 2.31 bits per heavy atom. The Morgan fingerprint density at radius 1 is 1.46 bits per heavy atom. The molecule has 1 rings (SSSR count). The van der Waals surface area contributed by atoms with E-state index in [9.17, 15) is 5.11 Å². The third-order valence-corrected chi connectivity index (χ3v) is 3.26. The van der Waals surface area contributed by atoms with Gasteiger partial charge >= 0.3 is 0 Å². The van der Waals surface area contributed by atoms with E-state index in [4.69, 9.17) is 5.73 Å². The molecule has 3 heteroatoms. The SMILES string of the molecule is CC(N)C(C)N1CC(O)C(C)(C)C1. The van der Waals surface area contributed by atoms with Gasteiger partial charge in [0.2, 0.25) is 0 Å². The van der Waals surface area contributed by atoms with Gasteiger partial charge in [-0.05, 0) is 13.8 Å². The molecule has 13 heavy (non-hydrogen) atoms. The zero-order chi connectivity index (χ0) is 10.2. The summed E-state index contributed by atoms with van der Waals surface area (Å²) >= 11 is 0. The molecule has 3 nitrogen and oxygen atoms in total. The highest BCUT2D eigenvalue weighted by molar-refractivity contribution is 4.93. The molecule has 1 aliphatic rings. The van der Waals surface area contributed by atoms with E-state index in [0.29, 0.717) is 6.04 Å². The first-order valence-corrected chi connectivity index (χ1v) is 5.02. The largest absolute Gasteiger partial charge is 0.391 e. The molecule has 0 bridgehead atoms. The van der Waals surface area contributed by atoms with E-state index < -0.39 is 0 Å². The van der Waals surface area contributed by atoms with Crippen molar-refractivity contribution in [3.8, 4) is 0 Å². The fraction of sp³-hybridized carbons (Fsp3) is 1.00. The van der Waals surface area contributed by atoms with E-state index in [1.54, 1.807) is 0 Å². The number of nitrogens with zero attached hydrogens (tertiary/aromatic N) is 1. The van der Waals surface area contributed by atoms with Crippen LogP contribution in [0.1, 0.15) is 27.7 Å². The first-order valence-electron chi connectivity index (χ1n) is 5.02. The first-order chi connectivity index (χ1) is 5.84. The van der Waals surface area contributed by atoms with Gasteiger partial charge in [-0.3, -0.25) is 4.90 Å². The Labute approximate surface area is 80.9 Å². The standard InChI is InChI=1S/C10H22N2O/c1-7(11)8(2)12-5-9(13)10(3,4)6-12/h7-9,13H,5-6,11H2,1-4H3. The molecule has 3 N–H and O–H groups in total. The molecule has 0 aromatic carbocycles. The van der Waals surface area contributed by atoms with Gasteiger partial charge in [0.25, 0.3) is 0 Å². The van der Waals surface area contributed by atoms with E-state index in [-0.39, 0.29) is 17.6 Å². The van der Waals surface area contributed by atoms with Crippen molar-refractivity contribution in [3.05, 3.63) is 0 Å². The summed E-state index contributed by atoms with van der Waals surface area (Å²) in [5, 5.41) is 9.78. The number of likely N-dealkylation sites (tertiary alicyclic amines) is 1. The molecule has 3 unspecified atom stereocenters. The molecule has 0 amide bonds.